The zero-order chi connectivity index (χ0) is 20.9. The van der Waals surface area contributed by atoms with E-state index in [2.05, 4.69) is 27.6 Å². The van der Waals surface area contributed by atoms with Gasteiger partial charge in [0, 0.05) is 26.3 Å². The van der Waals surface area contributed by atoms with Crippen LogP contribution in [-0.4, -0.2) is 39.1 Å². The van der Waals surface area contributed by atoms with E-state index in [-0.39, 0.29) is 6.61 Å². The van der Waals surface area contributed by atoms with E-state index in [9.17, 15) is 13.2 Å². The standard InChI is InChI=1S/C22H23F3N4O/c1-28-20-5-3-2-4-19(20)27-21(28)11-29-9-16-17(10-29)18(16)13-30-12-15-7-6-14(8-26-15)22(23,24)25/h2-8,16-18H,9-13H2,1H3/t16-,17+,18?. The molecule has 1 saturated heterocycles. The van der Waals surface area contributed by atoms with Crippen LogP contribution in [0.3, 0.4) is 0 Å². The number of imidazole rings is 1. The molecule has 3 heterocycles. The lowest BCUT2D eigenvalue weighted by molar-refractivity contribution is -0.137. The Morgan fingerprint density at radius 2 is 1.87 bits per heavy atom. The average Bonchev–Trinajstić information content (AvgIpc) is 3.04. The molecule has 8 heteroatoms. The third kappa shape index (κ3) is 3.70. The van der Waals surface area contributed by atoms with Crippen molar-refractivity contribution in [3.05, 3.63) is 59.7 Å². The van der Waals surface area contributed by atoms with Crippen LogP contribution in [0, 0.1) is 17.8 Å². The molecule has 1 unspecified atom stereocenters. The van der Waals surface area contributed by atoms with Crippen molar-refractivity contribution in [2.75, 3.05) is 19.7 Å². The van der Waals surface area contributed by atoms with E-state index in [0.717, 1.165) is 48.8 Å². The molecule has 2 aromatic heterocycles. The maximum atomic E-state index is 12.6. The molecule has 0 radical (unpaired) electrons. The summed E-state index contributed by atoms with van der Waals surface area (Å²) in [6.07, 6.45) is -3.49. The average molecular weight is 416 g/mol. The fourth-order valence-corrected chi connectivity index (χ4v) is 4.63. The van der Waals surface area contributed by atoms with Gasteiger partial charge in [-0.05, 0) is 42.0 Å². The van der Waals surface area contributed by atoms with Crippen LogP contribution < -0.4 is 0 Å². The number of alkyl halides is 3. The number of hydrogen-bond donors (Lipinski definition) is 0. The molecule has 0 bridgehead atoms. The first-order chi connectivity index (χ1) is 14.4. The minimum absolute atomic E-state index is 0.248. The van der Waals surface area contributed by atoms with Crippen LogP contribution in [0.15, 0.2) is 42.6 Å². The summed E-state index contributed by atoms with van der Waals surface area (Å²) in [5, 5.41) is 0. The summed E-state index contributed by atoms with van der Waals surface area (Å²) in [7, 11) is 2.06. The molecule has 3 atom stereocenters. The van der Waals surface area contributed by atoms with Gasteiger partial charge >= 0.3 is 6.18 Å². The number of ether oxygens (including phenoxy) is 1. The number of aromatic nitrogens is 3. The number of rotatable bonds is 6. The maximum Gasteiger partial charge on any atom is 0.417 e. The van der Waals surface area contributed by atoms with E-state index < -0.39 is 11.7 Å². The summed E-state index contributed by atoms with van der Waals surface area (Å²) in [6, 6.07) is 10.6. The van der Waals surface area contributed by atoms with Gasteiger partial charge in [0.15, 0.2) is 0 Å². The Hall–Kier alpha value is -2.45. The van der Waals surface area contributed by atoms with Gasteiger partial charge < -0.3 is 9.30 Å². The molecule has 0 N–H and O–H groups in total. The van der Waals surface area contributed by atoms with Crippen molar-refractivity contribution in [2.24, 2.45) is 24.8 Å². The molecule has 158 valence electrons. The van der Waals surface area contributed by atoms with Crippen LogP contribution in [0.25, 0.3) is 11.0 Å². The molecular formula is C22H23F3N4O. The highest BCUT2D eigenvalue weighted by molar-refractivity contribution is 5.75. The highest BCUT2D eigenvalue weighted by atomic mass is 19.4. The number of aryl methyl sites for hydroxylation is 1. The number of piperidine rings is 1. The van der Waals surface area contributed by atoms with Crippen molar-refractivity contribution in [1.29, 1.82) is 0 Å². The summed E-state index contributed by atoms with van der Waals surface area (Å²) in [5.41, 5.74) is 1.98. The number of nitrogens with zero attached hydrogens (tertiary/aromatic N) is 4. The number of hydrogen-bond acceptors (Lipinski definition) is 4. The van der Waals surface area contributed by atoms with Crippen molar-refractivity contribution in [3.63, 3.8) is 0 Å². The number of fused-ring (bicyclic) bond motifs is 2. The third-order valence-corrected chi connectivity index (χ3v) is 6.40. The quantitative estimate of drug-likeness (QED) is 0.612. The molecule has 1 saturated carbocycles. The lowest BCUT2D eigenvalue weighted by Gasteiger charge is -2.19. The lowest BCUT2D eigenvalue weighted by atomic mass is 10.2. The van der Waals surface area contributed by atoms with Gasteiger partial charge in [0.25, 0.3) is 0 Å². The Morgan fingerprint density at radius 3 is 2.53 bits per heavy atom. The Balaban J connectivity index is 1.08. The first-order valence-electron chi connectivity index (χ1n) is 10.1. The molecule has 30 heavy (non-hydrogen) atoms. The minimum atomic E-state index is -4.36. The van der Waals surface area contributed by atoms with Crippen LogP contribution in [0.2, 0.25) is 0 Å². The lowest BCUT2D eigenvalue weighted by Crippen LogP contribution is -2.26. The summed E-state index contributed by atoms with van der Waals surface area (Å²) in [4.78, 5) is 11.1. The second-order valence-corrected chi connectivity index (χ2v) is 8.31. The predicted octanol–water partition coefficient (Wildman–Crippen LogP) is 3.88. The Labute approximate surface area is 172 Å². The molecule has 5 nitrogen and oxygen atoms in total. The van der Waals surface area contributed by atoms with Gasteiger partial charge in [-0.1, -0.05) is 12.1 Å². The van der Waals surface area contributed by atoms with Crippen molar-refractivity contribution in [1.82, 2.24) is 19.4 Å². The van der Waals surface area contributed by atoms with Gasteiger partial charge in [-0.25, -0.2) is 4.98 Å². The molecule has 0 spiro atoms. The highest BCUT2D eigenvalue weighted by Crippen LogP contribution is 2.52. The van der Waals surface area contributed by atoms with E-state index in [1.165, 1.54) is 6.07 Å². The normalized spacial score (nSPS) is 23.8. The number of likely N-dealkylation sites (tertiary alicyclic amines) is 1. The summed E-state index contributed by atoms with van der Waals surface area (Å²) >= 11 is 0. The maximum absolute atomic E-state index is 12.6. The highest BCUT2D eigenvalue weighted by Gasteiger charge is 2.55. The number of para-hydroxylation sites is 2. The smallest absolute Gasteiger partial charge is 0.375 e. The Morgan fingerprint density at radius 1 is 1.10 bits per heavy atom. The molecular weight excluding hydrogens is 393 g/mol. The Bertz CT molecular complexity index is 1030. The molecule has 1 aromatic carbocycles. The molecule has 1 aliphatic carbocycles. The fraction of sp³-hybridized carbons (Fsp3) is 0.455. The number of benzene rings is 1. The molecule has 0 amide bonds. The van der Waals surface area contributed by atoms with Crippen molar-refractivity contribution >= 4 is 11.0 Å². The van der Waals surface area contributed by atoms with E-state index in [1.54, 1.807) is 0 Å². The van der Waals surface area contributed by atoms with Gasteiger partial charge in [0.1, 0.15) is 5.82 Å². The van der Waals surface area contributed by atoms with Gasteiger partial charge in [-0.3, -0.25) is 9.88 Å². The molecule has 5 rings (SSSR count). The van der Waals surface area contributed by atoms with E-state index >= 15 is 0 Å². The molecule has 2 aliphatic rings. The monoisotopic (exact) mass is 416 g/mol. The predicted molar refractivity (Wildman–Crippen MR) is 105 cm³/mol. The van der Waals surface area contributed by atoms with Crippen molar-refractivity contribution in [2.45, 2.75) is 19.3 Å². The first-order valence-corrected chi connectivity index (χ1v) is 10.1. The number of pyridine rings is 1. The topological polar surface area (TPSA) is 43.2 Å². The van der Waals surface area contributed by atoms with Crippen LogP contribution in [0.4, 0.5) is 13.2 Å². The van der Waals surface area contributed by atoms with Crippen LogP contribution in [-0.2, 0) is 31.1 Å². The largest absolute Gasteiger partial charge is 0.417 e. The second-order valence-electron chi connectivity index (χ2n) is 8.31. The molecule has 1 aliphatic heterocycles. The first kappa shape index (κ1) is 19.5. The zero-order valence-electron chi connectivity index (χ0n) is 16.6. The summed E-state index contributed by atoms with van der Waals surface area (Å²) in [5.74, 6) is 2.90. The second kappa shape index (κ2) is 7.35. The number of halogens is 3. The SMILES string of the molecule is Cn1c(CN2C[C@@H]3C(COCc4ccc(C(F)(F)F)cn4)[C@@H]3C2)nc2ccccc21. The minimum Gasteiger partial charge on any atom is -0.375 e. The van der Waals surface area contributed by atoms with Crippen molar-refractivity contribution in [3.8, 4) is 0 Å². The van der Waals surface area contributed by atoms with Crippen LogP contribution >= 0.6 is 0 Å². The van der Waals surface area contributed by atoms with E-state index in [1.807, 2.05) is 18.2 Å². The molecule has 3 aromatic rings. The van der Waals surface area contributed by atoms with Gasteiger partial charge in [0.2, 0.25) is 0 Å². The molecule has 2 fully saturated rings. The van der Waals surface area contributed by atoms with Gasteiger partial charge in [-0.15, -0.1) is 0 Å². The Kier molecular flexibility index (Phi) is 4.78. The zero-order valence-corrected chi connectivity index (χ0v) is 16.6. The van der Waals surface area contributed by atoms with Crippen molar-refractivity contribution < 1.29 is 17.9 Å². The van der Waals surface area contributed by atoms with Crippen LogP contribution in [0.1, 0.15) is 17.1 Å². The van der Waals surface area contributed by atoms with E-state index in [4.69, 9.17) is 9.72 Å². The summed E-state index contributed by atoms with van der Waals surface area (Å²) < 4.78 is 45.6. The summed E-state index contributed by atoms with van der Waals surface area (Å²) in [6.45, 7) is 3.82. The van der Waals surface area contributed by atoms with Gasteiger partial charge in [-0.2, -0.15) is 13.2 Å². The fourth-order valence-electron chi connectivity index (χ4n) is 4.63. The van der Waals surface area contributed by atoms with E-state index in [0.29, 0.717) is 30.1 Å². The van der Waals surface area contributed by atoms with Crippen LogP contribution in [0.5, 0.6) is 0 Å². The van der Waals surface area contributed by atoms with Gasteiger partial charge in [0.05, 0.1) is 42.0 Å². The third-order valence-electron chi connectivity index (χ3n) is 6.40.